The van der Waals surface area contributed by atoms with Crippen molar-refractivity contribution in [1.82, 2.24) is 5.32 Å². The average Bonchev–Trinajstić information content (AvgIpc) is 2.47. The highest BCUT2D eigenvalue weighted by Crippen LogP contribution is 2.28. The number of hydrogen-bond donors (Lipinski definition) is 1. The molecule has 2 heteroatoms. The lowest BCUT2D eigenvalue weighted by molar-refractivity contribution is 0.00964. The van der Waals surface area contributed by atoms with Crippen LogP contribution in [0.3, 0.4) is 0 Å². The van der Waals surface area contributed by atoms with Gasteiger partial charge in [-0.25, -0.2) is 0 Å². The van der Waals surface area contributed by atoms with Crippen LogP contribution in [0.25, 0.3) is 0 Å². The third-order valence-corrected chi connectivity index (χ3v) is 4.10. The molecule has 2 unspecified atom stereocenters. The first kappa shape index (κ1) is 17.2. The van der Waals surface area contributed by atoms with Gasteiger partial charge in [0.2, 0.25) is 0 Å². The van der Waals surface area contributed by atoms with Crippen molar-refractivity contribution in [2.24, 2.45) is 5.92 Å². The molecule has 1 aromatic rings. The van der Waals surface area contributed by atoms with Gasteiger partial charge in [0.05, 0.1) is 5.60 Å². The highest BCUT2D eigenvalue weighted by Gasteiger charge is 2.22. The third-order valence-electron chi connectivity index (χ3n) is 4.10. The Morgan fingerprint density at radius 3 is 2.40 bits per heavy atom. The molecule has 0 aromatic heterocycles. The summed E-state index contributed by atoms with van der Waals surface area (Å²) in [7, 11) is 1.80. The fourth-order valence-corrected chi connectivity index (χ4v) is 2.45. The maximum absolute atomic E-state index is 5.53. The summed E-state index contributed by atoms with van der Waals surface area (Å²) in [5.41, 5.74) is 1.36. The fraction of sp³-hybridized carbons (Fsp3) is 0.667. The van der Waals surface area contributed by atoms with Gasteiger partial charge in [-0.15, -0.1) is 0 Å². The minimum Gasteiger partial charge on any atom is -0.379 e. The van der Waals surface area contributed by atoms with Crippen molar-refractivity contribution in [1.29, 1.82) is 0 Å². The minimum absolute atomic E-state index is 0.0275. The van der Waals surface area contributed by atoms with E-state index >= 15 is 0 Å². The lowest BCUT2D eigenvalue weighted by Gasteiger charge is -2.29. The summed E-state index contributed by atoms with van der Waals surface area (Å²) in [6.45, 7) is 9.95. The minimum atomic E-state index is -0.0275. The first-order valence-electron chi connectivity index (χ1n) is 7.83. The zero-order valence-electron chi connectivity index (χ0n) is 13.8. The van der Waals surface area contributed by atoms with E-state index in [-0.39, 0.29) is 5.60 Å². The molecule has 2 atom stereocenters. The van der Waals surface area contributed by atoms with Crippen LogP contribution in [0.5, 0.6) is 0 Å². The van der Waals surface area contributed by atoms with Crippen LogP contribution >= 0.6 is 0 Å². The molecule has 0 fully saturated rings. The maximum atomic E-state index is 5.53. The average molecular weight is 277 g/mol. The molecule has 0 amide bonds. The van der Waals surface area contributed by atoms with E-state index in [1.807, 2.05) is 0 Å². The molecule has 0 spiro atoms. The van der Waals surface area contributed by atoms with Crippen LogP contribution in [0.4, 0.5) is 0 Å². The topological polar surface area (TPSA) is 21.3 Å². The molecule has 1 rings (SSSR count). The molecule has 2 nitrogen and oxygen atoms in total. The maximum Gasteiger partial charge on any atom is 0.0622 e. The first-order chi connectivity index (χ1) is 9.50. The Hall–Kier alpha value is -0.860. The summed E-state index contributed by atoms with van der Waals surface area (Å²) < 4.78 is 5.53. The van der Waals surface area contributed by atoms with Gasteiger partial charge in [-0.05, 0) is 51.1 Å². The molecule has 1 N–H and O–H groups in total. The number of ether oxygens (including phenoxy) is 1. The van der Waals surface area contributed by atoms with E-state index in [1.54, 1.807) is 7.11 Å². The van der Waals surface area contributed by atoms with E-state index in [2.05, 4.69) is 63.3 Å². The summed E-state index contributed by atoms with van der Waals surface area (Å²) in [5, 5.41) is 3.70. The molecule has 0 heterocycles. The van der Waals surface area contributed by atoms with Crippen molar-refractivity contribution in [2.75, 3.05) is 13.7 Å². The number of methoxy groups -OCH3 is 1. The summed E-state index contributed by atoms with van der Waals surface area (Å²) in [6, 6.07) is 11.2. The van der Waals surface area contributed by atoms with E-state index in [0.717, 1.165) is 19.4 Å². The number of hydrogen-bond acceptors (Lipinski definition) is 2. The second-order valence-corrected chi connectivity index (χ2v) is 6.32. The van der Waals surface area contributed by atoms with E-state index in [1.165, 1.54) is 12.0 Å². The number of benzene rings is 1. The standard InChI is InChI=1S/C18H31NO/c1-6-14-19-17(16-10-8-7-9-11-16)15(2)12-13-18(3,4)20-5/h7-11,15,17,19H,6,12-14H2,1-5H3. The van der Waals surface area contributed by atoms with Crippen molar-refractivity contribution in [3.05, 3.63) is 35.9 Å². The monoisotopic (exact) mass is 277 g/mol. The van der Waals surface area contributed by atoms with Crippen molar-refractivity contribution in [2.45, 2.75) is 58.6 Å². The molecule has 0 bridgehead atoms. The molecule has 0 saturated carbocycles. The van der Waals surface area contributed by atoms with Crippen LogP contribution < -0.4 is 5.32 Å². The quantitative estimate of drug-likeness (QED) is 0.714. The third kappa shape index (κ3) is 5.64. The van der Waals surface area contributed by atoms with E-state index in [4.69, 9.17) is 4.74 Å². The molecule has 1 aromatic carbocycles. The van der Waals surface area contributed by atoms with E-state index in [0.29, 0.717) is 12.0 Å². The van der Waals surface area contributed by atoms with Crippen molar-refractivity contribution in [3.8, 4) is 0 Å². The normalized spacial score (nSPS) is 15.1. The number of rotatable bonds is 9. The van der Waals surface area contributed by atoms with Gasteiger partial charge >= 0.3 is 0 Å². The van der Waals surface area contributed by atoms with Gasteiger partial charge in [-0.1, -0.05) is 44.2 Å². The Morgan fingerprint density at radius 1 is 1.20 bits per heavy atom. The highest BCUT2D eigenvalue weighted by molar-refractivity contribution is 5.19. The van der Waals surface area contributed by atoms with Crippen molar-refractivity contribution < 1.29 is 4.74 Å². The lowest BCUT2D eigenvalue weighted by Crippen LogP contribution is -2.30. The van der Waals surface area contributed by atoms with Gasteiger partial charge in [0, 0.05) is 13.2 Å². The molecule has 114 valence electrons. The molecular formula is C18H31NO. The Kier molecular flexibility index (Phi) is 7.25. The van der Waals surface area contributed by atoms with Gasteiger partial charge < -0.3 is 10.1 Å². The molecule has 0 aliphatic rings. The summed E-state index contributed by atoms with van der Waals surface area (Å²) in [6.07, 6.45) is 3.42. The fourth-order valence-electron chi connectivity index (χ4n) is 2.45. The Labute approximate surface area is 124 Å². The Morgan fingerprint density at radius 2 is 1.85 bits per heavy atom. The van der Waals surface area contributed by atoms with E-state index < -0.39 is 0 Å². The number of nitrogens with one attached hydrogen (secondary N) is 1. The van der Waals surface area contributed by atoms with Crippen LogP contribution in [-0.4, -0.2) is 19.3 Å². The van der Waals surface area contributed by atoms with Crippen molar-refractivity contribution in [3.63, 3.8) is 0 Å². The highest BCUT2D eigenvalue weighted by atomic mass is 16.5. The molecule has 20 heavy (non-hydrogen) atoms. The van der Waals surface area contributed by atoms with Gasteiger partial charge in [0.15, 0.2) is 0 Å². The molecule has 0 radical (unpaired) electrons. The van der Waals surface area contributed by atoms with Gasteiger partial charge in [-0.3, -0.25) is 0 Å². The van der Waals surface area contributed by atoms with Crippen molar-refractivity contribution >= 4 is 0 Å². The first-order valence-corrected chi connectivity index (χ1v) is 7.83. The largest absolute Gasteiger partial charge is 0.379 e. The molecular weight excluding hydrogens is 246 g/mol. The lowest BCUT2D eigenvalue weighted by atomic mass is 9.87. The zero-order valence-corrected chi connectivity index (χ0v) is 13.8. The van der Waals surface area contributed by atoms with Crippen LogP contribution in [0.2, 0.25) is 0 Å². The van der Waals surface area contributed by atoms with Crippen LogP contribution in [0.1, 0.15) is 58.6 Å². The smallest absolute Gasteiger partial charge is 0.0622 e. The van der Waals surface area contributed by atoms with Crippen LogP contribution in [0.15, 0.2) is 30.3 Å². The predicted molar refractivity (Wildman–Crippen MR) is 87.0 cm³/mol. The zero-order chi connectivity index (χ0) is 15.0. The van der Waals surface area contributed by atoms with E-state index in [9.17, 15) is 0 Å². The van der Waals surface area contributed by atoms with Gasteiger partial charge in [0.1, 0.15) is 0 Å². The molecule has 0 aliphatic heterocycles. The second-order valence-electron chi connectivity index (χ2n) is 6.32. The van der Waals surface area contributed by atoms with Gasteiger partial charge in [0.25, 0.3) is 0 Å². The molecule has 0 aliphatic carbocycles. The SMILES string of the molecule is CCCNC(c1ccccc1)C(C)CCC(C)(C)OC. The summed E-state index contributed by atoms with van der Waals surface area (Å²) >= 11 is 0. The second kappa shape index (κ2) is 8.43. The van der Waals surface area contributed by atoms with Gasteiger partial charge in [-0.2, -0.15) is 0 Å². The summed E-state index contributed by atoms with van der Waals surface area (Å²) in [4.78, 5) is 0. The predicted octanol–water partition coefficient (Wildman–Crippen LogP) is 4.57. The van der Waals surface area contributed by atoms with Crippen LogP contribution in [-0.2, 0) is 4.74 Å². The Balaban J connectivity index is 2.68. The van der Waals surface area contributed by atoms with Crippen LogP contribution in [0, 0.1) is 5.92 Å². The summed E-state index contributed by atoms with van der Waals surface area (Å²) in [5.74, 6) is 0.596. The molecule has 0 saturated heterocycles. The Bertz CT molecular complexity index is 361.